The number of rotatable bonds is 4. The smallest absolute Gasteiger partial charge is 0.233 e. The van der Waals surface area contributed by atoms with Crippen molar-refractivity contribution in [3.63, 3.8) is 0 Å². The van der Waals surface area contributed by atoms with Crippen molar-refractivity contribution in [3.8, 4) is 0 Å². The summed E-state index contributed by atoms with van der Waals surface area (Å²) in [6.07, 6.45) is 0.576. The fourth-order valence-corrected chi connectivity index (χ4v) is 0.612. The van der Waals surface area contributed by atoms with E-state index in [1.165, 1.54) is 0 Å². The highest BCUT2D eigenvalue weighted by Gasteiger charge is 2.19. The zero-order chi connectivity index (χ0) is 9.78. The van der Waals surface area contributed by atoms with Gasteiger partial charge in [-0.2, -0.15) is 0 Å². The van der Waals surface area contributed by atoms with E-state index in [4.69, 9.17) is 9.94 Å². The van der Waals surface area contributed by atoms with Crippen LogP contribution in [0.2, 0.25) is 0 Å². The van der Waals surface area contributed by atoms with Crippen LogP contribution in [0, 0.1) is 0 Å². The van der Waals surface area contributed by atoms with Gasteiger partial charge in [-0.1, -0.05) is 0 Å². The Morgan fingerprint density at radius 3 is 2.33 bits per heavy atom. The summed E-state index contributed by atoms with van der Waals surface area (Å²) in [6.45, 7) is 7.13. The van der Waals surface area contributed by atoms with Gasteiger partial charge in [0.25, 0.3) is 0 Å². The predicted molar refractivity (Wildman–Crippen MR) is 45.3 cm³/mol. The van der Waals surface area contributed by atoms with E-state index in [1.807, 2.05) is 20.8 Å². The first kappa shape index (κ1) is 11.4. The van der Waals surface area contributed by atoms with Gasteiger partial charge < -0.3 is 5.11 Å². The number of hydrogen-bond donors (Lipinski definition) is 1. The lowest BCUT2D eigenvalue weighted by molar-refractivity contribution is -0.233. The second kappa shape index (κ2) is 4.42. The van der Waals surface area contributed by atoms with Crippen molar-refractivity contribution in [2.45, 2.75) is 39.3 Å². The molecule has 0 aliphatic heterocycles. The molecule has 0 aromatic carbocycles. The molecule has 12 heavy (non-hydrogen) atoms. The minimum Gasteiger partial charge on any atom is -0.394 e. The highest BCUT2D eigenvalue weighted by molar-refractivity contribution is 5.45. The summed E-state index contributed by atoms with van der Waals surface area (Å²) in [7, 11) is 0. The second-order valence-corrected chi connectivity index (χ2v) is 3.70. The molecule has 0 aromatic rings. The van der Waals surface area contributed by atoms with Crippen LogP contribution in [-0.4, -0.2) is 34.8 Å². The topological polar surface area (TPSA) is 49.8 Å². The van der Waals surface area contributed by atoms with E-state index < -0.39 is 5.60 Å². The largest absolute Gasteiger partial charge is 0.394 e. The zero-order valence-electron chi connectivity index (χ0n) is 8.07. The number of aliphatic hydroxyl groups is 1. The van der Waals surface area contributed by atoms with Crippen molar-refractivity contribution in [2.24, 2.45) is 0 Å². The Kier molecular flexibility index (Phi) is 4.20. The van der Waals surface area contributed by atoms with Crippen LogP contribution in [-0.2, 0) is 9.63 Å². The van der Waals surface area contributed by atoms with E-state index in [0.29, 0.717) is 6.41 Å². The third kappa shape index (κ3) is 4.31. The minimum absolute atomic E-state index is 0.102. The second-order valence-electron chi connectivity index (χ2n) is 3.70. The molecule has 4 heteroatoms. The van der Waals surface area contributed by atoms with Gasteiger partial charge in [0.1, 0.15) is 0 Å². The standard InChI is InChI=1S/C8H17NO3/c1-7(5-10)9(6-11)12-8(2,3)4/h6-7,10H,5H2,1-4H3. The Morgan fingerprint density at radius 2 is 2.08 bits per heavy atom. The molecule has 0 heterocycles. The monoisotopic (exact) mass is 175 g/mol. The number of nitrogens with zero attached hydrogens (tertiary/aromatic N) is 1. The third-order valence-electron chi connectivity index (χ3n) is 1.18. The van der Waals surface area contributed by atoms with Crippen LogP contribution < -0.4 is 0 Å². The van der Waals surface area contributed by atoms with Crippen LogP contribution in [0.3, 0.4) is 0 Å². The van der Waals surface area contributed by atoms with Crippen molar-refractivity contribution >= 4 is 6.41 Å². The van der Waals surface area contributed by atoms with Crippen molar-refractivity contribution in [1.29, 1.82) is 0 Å². The molecule has 0 spiro atoms. The zero-order valence-corrected chi connectivity index (χ0v) is 8.07. The number of hydrogen-bond acceptors (Lipinski definition) is 3. The maximum absolute atomic E-state index is 10.5. The van der Waals surface area contributed by atoms with E-state index >= 15 is 0 Å². The molecule has 0 rings (SSSR count). The van der Waals surface area contributed by atoms with E-state index in [-0.39, 0.29) is 12.6 Å². The molecular formula is C8H17NO3. The molecule has 1 unspecified atom stereocenters. The van der Waals surface area contributed by atoms with Crippen LogP contribution in [0.4, 0.5) is 0 Å². The van der Waals surface area contributed by atoms with Crippen molar-refractivity contribution in [1.82, 2.24) is 5.06 Å². The van der Waals surface area contributed by atoms with Gasteiger partial charge in [0.05, 0.1) is 18.2 Å². The van der Waals surface area contributed by atoms with Gasteiger partial charge in [-0.05, 0) is 27.7 Å². The Labute approximate surface area is 73.1 Å². The molecule has 0 saturated carbocycles. The summed E-state index contributed by atoms with van der Waals surface area (Å²) in [5.41, 5.74) is -0.412. The minimum atomic E-state index is -0.412. The quantitative estimate of drug-likeness (QED) is 0.501. The highest BCUT2D eigenvalue weighted by atomic mass is 16.7. The van der Waals surface area contributed by atoms with Crippen molar-refractivity contribution in [2.75, 3.05) is 6.61 Å². The maximum Gasteiger partial charge on any atom is 0.233 e. The molecule has 0 aromatic heterocycles. The molecule has 0 saturated heterocycles. The molecule has 1 atom stereocenters. The lowest BCUT2D eigenvalue weighted by atomic mass is 10.2. The van der Waals surface area contributed by atoms with Gasteiger partial charge >= 0.3 is 0 Å². The molecule has 72 valence electrons. The first-order chi connectivity index (χ1) is 5.40. The van der Waals surface area contributed by atoms with Gasteiger partial charge in [-0.15, -0.1) is 0 Å². The van der Waals surface area contributed by atoms with E-state index in [9.17, 15) is 4.79 Å². The first-order valence-corrected chi connectivity index (χ1v) is 3.94. The van der Waals surface area contributed by atoms with Crippen LogP contribution in [0.5, 0.6) is 0 Å². The van der Waals surface area contributed by atoms with Crippen LogP contribution >= 0.6 is 0 Å². The Bertz CT molecular complexity index is 142. The van der Waals surface area contributed by atoms with Gasteiger partial charge in [0.2, 0.25) is 6.41 Å². The van der Waals surface area contributed by atoms with E-state index in [0.717, 1.165) is 5.06 Å². The number of carbonyl (C=O) groups excluding carboxylic acids is 1. The van der Waals surface area contributed by atoms with Crippen LogP contribution in [0.25, 0.3) is 0 Å². The SMILES string of the molecule is CC(CO)N(C=O)OC(C)(C)C. The summed E-state index contributed by atoms with van der Waals surface area (Å²) < 4.78 is 0. The van der Waals surface area contributed by atoms with E-state index in [1.54, 1.807) is 6.92 Å². The molecule has 0 radical (unpaired) electrons. The van der Waals surface area contributed by atoms with Gasteiger partial charge in [-0.3, -0.25) is 9.63 Å². The number of aliphatic hydroxyl groups excluding tert-OH is 1. The molecule has 0 aliphatic rings. The van der Waals surface area contributed by atoms with Gasteiger partial charge in [0, 0.05) is 0 Å². The summed E-state index contributed by atoms with van der Waals surface area (Å²) >= 11 is 0. The molecule has 1 amide bonds. The number of hydroxylamine groups is 2. The fraction of sp³-hybridized carbons (Fsp3) is 0.875. The number of carbonyl (C=O) groups is 1. The fourth-order valence-electron chi connectivity index (χ4n) is 0.612. The maximum atomic E-state index is 10.5. The molecule has 4 nitrogen and oxygen atoms in total. The average Bonchev–Trinajstić information content (AvgIpc) is 1.97. The Balaban J connectivity index is 4.08. The normalized spacial score (nSPS) is 14.1. The molecule has 0 aliphatic carbocycles. The first-order valence-electron chi connectivity index (χ1n) is 3.94. The van der Waals surface area contributed by atoms with Gasteiger partial charge in [-0.25, -0.2) is 5.06 Å². The summed E-state index contributed by atoms with van der Waals surface area (Å²) in [4.78, 5) is 15.7. The Morgan fingerprint density at radius 1 is 1.58 bits per heavy atom. The van der Waals surface area contributed by atoms with Crippen LogP contribution in [0.1, 0.15) is 27.7 Å². The highest BCUT2D eigenvalue weighted by Crippen LogP contribution is 2.10. The summed E-state index contributed by atoms with van der Waals surface area (Å²) in [5, 5.41) is 9.88. The molecule has 1 N–H and O–H groups in total. The number of amides is 1. The molecule has 0 fully saturated rings. The van der Waals surface area contributed by atoms with Crippen molar-refractivity contribution in [3.05, 3.63) is 0 Å². The average molecular weight is 175 g/mol. The van der Waals surface area contributed by atoms with Crippen molar-refractivity contribution < 1.29 is 14.7 Å². The lowest BCUT2D eigenvalue weighted by Gasteiger charge is -2.30. The van der Waals surface area contributed by atoms with E-state index in [2.05, 4.69) is 0 Å². The molecular weight excluding hydrogens is 158 g/mol. The summed E-state index contributed by atoms with van der Waals surface area (Å²) in [5.74, 6) is 0. The summed E-state index contributed by atoms with van der Waals surface area (Å²) in [6, 6.07) is -0.304. The Hall–Kier alpha value is -0.610. The molecule has 0 bridgehead atoms. The van der Waals surface area contributed by atoms with Crippen LogP contribution in [0.15, 0.2) is 0 Å². The third-order valence-corrected chi connectivity index (χ3v) is 1.18. The van der Waals surface area contributed by atoms with Gasteiger partial charge in [0.15, 0.2) is 0 Å². The predicted octanol–water partition coefficient (Wildman–Crippen LogP) is 0.556. The lowest BCUT2D eigenvalue weighted by Crippen LogP contribution is -2.40.